The zero-order valence-electron chi connectivity index (χ0n) is 14.1. The summed E-state index contributed by atoms with van der Waals surface area (Å²) in [7, 11) is 0. The van der Waals surface area contributed by atoms with Gasteiger partial charge in [0.2, 0.25) is 11.8 Å². The van der Waals surface area contributed by atoms with Gasteiger partial charge in [0.05, 0.1) is 0 Å². The minimum Gasteiger partial charge on any atom is -0.383 e. The van der Waals surface area contributed by atoms with Gasteiger partial charge in [-0.1, -0.05) is 19.3 Å². The lowest BCUT2D eigenvalue weighted by atomic mass is 9.79. The van der Waals surface area contributed by atoms with Crippen molar-refractivity contribution in [3.63, 3.8) is 0 Å². The summed E-state index contributed by atoms with van der Waals surface area (Å²) in [6.45, 7) is 2.33. The number of amides is 2. The number of nitrogens with two attached hydrogens (primary N) is 1. The Kier molecular flexibility index (Phi) is 6.58. The minimum absolute atomic E-state index is 0.0495. The highest BCUT2D eigenvalue weighted by atomic mass is 19.1. The van der Waals surface area contributed by atoms with Crippen molar-refractivity contribution in [2.45, 2.75) is 45.1 Å². The lowest BCUT2D eigenvalue weighted by Gasteiger charge is -2.28. The summed E-state index contributed by atoms with van der Waals surface area (Å²) >= 11 is 0. The number of halogens is 1. The lowest BCUT2D eigenvalue weighted by molar-refractivity contribution is -0.136. The van der Waals surface area contributed by atoms with Crippen LogP contribution in [-0.2, 0) is 9.59 Å². The molecule has 1 aliphatic carbocycles. The molecule has 1 fully saturated rings. The van der Waals surface area contributed by atoms with Crippen LogP contribution in [0.2, 0.25) is 0 Å². The molecule has 6 heteroatoms. The number of anilines is 1. The molecule has 2 atom stereocenters. The van der Waals surface area contributed by atoms with E-state index in [1.165, 1.54) is 12.1 Å². The molecule has 1 aromatic rings. The zero-order valence-corrected chi connectivity index (χ0v) is 14.1. The molecule has 0 bridgehead atoms. The number of carbonyl (C=O) groups excluding carboxylic acids is 2. The second-order valence-electron chi connectivity index (χ2n) is 6.58. The molecule has 1 aromatic carbocycles. The van der Waals surface area contributed by atoms with E-state index in [9.17, 15) is 14.0 Å². The van der Waals surface area contributed by atoms with E-state index in [1.807, 2.05) is 6.92 Å². The Morgan fingerprint density at radius 3 is 2.42 bits per heavy atom. The van der Waals surface area contributed by atoms with E-state index in [1.54, 1.807) is 12.1 Å². The third-order valence-corrected chi connectivity index (χ3v) is 4.56. The van der Waals surface area contributed by atoms with Crippen molar-refractivity contribution in [1.82, 2.24) is 5.32 Å². The summed E-state index contributed by atoms with van der Waals surface area (Å²) in [6, 6.07) is 5.85. The summed E-state index contributed by atoms with van der Waals surface area (Å²) in [4.78, 5) is 24.2. The predicted octanol–water partition coefficient (Wildman–Crippen LogP) is 2.42. The SMILES string of the molecule is C[C@@H](CNc1ccc(F)cc1)NC(=O)C(C(N)=O)C1CCCCC1. The fraction of sp³-hybridized carbons (Fsp3) is 0.556. The molecule has 0 radical (unpaired) electrons. The molecule has 4 N–H and O–H groups in total. The molecule has 1 unspecified atom stereocenters. The molecular weight excluding hydrogens is 309 g/mol. The van der Waals surface area contributed by atoms with Crippen LogP contribution in [0.3, 0.4) is 0 Å². The van der Waals surface area contributed by atoms with Crippen LogP contribution in [0.4, 0.5) is 10.1 Å². The standard InChI is InChI=1S/C18H26FN3O2/c1-12(11-21-15-9-7-14(19)8-10-15)22-18(24)16(17(20)23)13-5-3-2-4-6-13/h7-10,12-13,16,21H,2-6,11H2,1H3,(H2,20,23)(H,22,24)/t12-,16?/m0/s1. The van der Waals surface area contributed by atoms with Crippen LogP contribution in [0.5, 0.6) is 0 Å². The Bertz CT molecular complexity index is 556. The summed E-state index contributed by atoms with van der Waals surface area (Å²) in [5, 5.41) is 5.99. The van der Waals surface area contributed by atoms with Crippen LogP contribution >= 0.6 is 0 Å². The fourth-order valence-electron chi connectivity index (χ4n) is 3.27. The first kappa shape index (κ1) is 18.2. The quantitative estimate of drug-likeness (QED) is 0.669. The van der Waals surface area contributed by atoms with Gasteiger partial charge in [-0.05, 0) is 49.9 Å². The number of primary amides is 1. The first-order valence-corrected chi connectivity index (χ1v) is 8.56. The van der Waals surface area contributed by atoms with Crippen LogP contribution in [0, 0.1) is 17.7 Å². The average Bonchev–Trinajstić information content (AvgIpc) is 2.55. The van der Waals surface area contributed by atoms with Crippen LogP contribution in [0.15, 0.2) is 24.3 Å². The fourth-order valence-corrected chi connectivity index (χ4v) is 3.27. The van der Waals surface area contributed by atoms with Crippen LogP contribution < -0.4 is 16.4 Å². The first-order chi connectivity index (χ1) is 11.5. The van der Waals surface area contributed by atoms with Crippen LogP contribution in [0.1, 0.15) is 39.0 Å². The van der Waals surface area contributed by atoms with E-state index in [-0.39, 0.29) is 23.7 Å². The van der Waals surface area contributed by atoms with E-state index < -0.39 is 11.8 Å². The van der Waals surface area contributed by atoms with E-state index >= 15 is 0 Å². The monoisotopic (exact) mass is 335 g/mol. The summed E-state index contributed by atoms with van der Waals surface area (Å²) in [5.74, 6) is -1.83. The Hall–Kier alpha value is -2.11. The number of nitrogens with one attached hydrogen (secondary N) is 2. The molecule has 0 heterocycles. The minimum atomic E-state index is -0.751. The predicted molar refractivity (Wildman–Crippen MR) is 91.8 cm³/mol. The third kappa shape index (κ3) is 5.22. The lowest BCUT2D eigenvalue weighted by Crippen LogP contribution is -2.47. The van der Waals surface area contributed by atoms with Gasteiger partial charge < -0.3 is 16.4 Å². The van der Waals surface area contributed by atoms with E-state index in [4.69, 9.17) is 5.73 Å². The van der Waals surface area contributed by atoms with E-state index in [2.05, 4.69) is 10.6 Å². The molecule has 132 valence electrons. The summed E-state index contributed by atoms with van der Waals surface area (Å²) in [5.41, 5.74) is 6.25. The Balaban J connectivity index is 1.86. The second kappa shape index (κ2) is 8.66. The second-order valence-corrected chi connectivity index (χ2v) is 6.58. The Morgan fingerprint density at radius 2 is 1.83 bits per heavy atom. The van der Waals surface area contributed by atoms with Gasteiger partial charge in [-0.15, -0.1) is 0 Å². The van der Waals surface area contributed by atoms with Crippen LogP contribution in [-0.4, -0.2) is 24.4 Å². The highest BCUT2D eigenvalue weighted by Gasteiger charge is 2.34. The van der Waals surface area contributed by atoms with Crippen molar-refractivity contribution >= 4 is 17.5 Å². The van der Waals surface area contributed by atoms with Crippen molar-refractivity contribution in [1.29, 1.82) is 0 Å². The molecule has 1 saturated carbocycles. The van der Waals surface area contributed by atoms with Gasteiger partial charge in [0, 0.05) is 18.3 Å². The maximum absolute atomic E-state index is 12.9. The Labute approximate surface area is 142 Å². The maximum Gasteiger partial charge on any atom is 0.233 e. The molecule has 2 amide bonds. The molecule has 0 aromatic heterocycles. The number of carbonyl (C=O) groups is 2. The third-order valence-electron chi connectivity index (χ3n) is 4.56. The van der Waals surface area contributed by atoms with Gasteiger partial charge in [-0.25, -0.2) is 4.39 Å². The van der Waals surface area contributed by atoms with Crippen LogP contribution in [0.25, 0.3) is 0 Å². The van der Waals surface area contributed by atoms with Crippen molar-refractivity contribution in [3.05, 3.63) is 30.1 Å². The molecular formula is C18H26FN3O2. The zero-order chi connectivity index (χ0) is 17.5. The average molecular weight is 335 g/mol. The highest BCUT2D eigenvalue weighted by molar-refractivity contribution is 6.00. The topological polar surface area (TPSA) is 84.2 Å². The maximum atomic E-state index is 12.9. The van der Waals surface area contributed by atoms with Crippen molar-refractivity contribution in [2.24, 2.45) is 17.6 Å². The van der Waals surface area contributed by atoms with Gasteiger partial charge >= 0.3 is 0 Å². The molecule has 0 spiro atoms. The van der Waals surface area contributed by atoms with Gasteiger partial charge in [0.15, 0.2) is 0 Å². The van der Waals surface area contributed by atoms with Crippen molar-refractivity contribution < 1.29 is 14.0 Å². The molecule has 2 rings (SSSR count). The van der Waals surface area contributed by atoms with E-state index in [0.29, 0.717) is 6.54 Å². The molecule has 24 heavy (non-hydrogen) atoms. The van der Waals surface area contributed by atoms with Crippen molar-refractivity contribution in [2.75, 3.05) is 11.9 Å². The van der Waals surface area contributed by atoms with Gasteiger partial charge in [-0.3, -0.25) is 9.59 Å². The Morgan fingerprint density at radius 1 is 1.21 bits per heavy atom. The smallest absolute Gasteiger partial charge is 0.233 e. The summed E-state index contributed by atoms with van der Waals surface area (Å²) < 4.78 is 12.9. The highest BCUT2D eigenvalue weighted by Crippen LogP contribution is 2.30. The molecule has 0 aliphatic heterocycles. The molecule has 1 aliphatic rings. The number of rotatable bonds is 7. The molecule has 0 saturated heterocycles. The largest absolute Gasteiger partial charge is 0.383 e. The number of hydrogen-bond donors (Lipinski definition) is 3. The first-order valence-electron chi connectivity index (χ1n) is 8.56. The van der Waals surface area contributed by atoms with E-state index in [0.717, 1.165) is 37.8 Å². The van der Waals surface area contributed by atoms with Gasteiger partial charge in [0.1, 0.15) is 11.7 Å². The van der Waals surface area contributed by atoms with Gasteiger partial charge in [-0.2, -0.15) is 0 Å². The number of hydrogen-bond acceptors (Lipinski definition) is 3. The van der Waals surface area contributed by atoms with Gasteiger partial charge in [0.25, 0.3) is 0 Å². The summed E-state index contributed by atoms with van der Waals surface area (Å²) in [6.07, 6.45) is 5.00. The molecule has 5 nitrogen and oxygen atoms in total. The van der Waals surface area contributed by atoms with Crippen molar-refractivity contribution in [3.8, 4) is 0 Å². The number of benzene rings is 1. The normalized spacial score (nSPS) is 17.8.